The van der Waals surface area contributed by atoms with Crippen molar-refractivity contribution < 1.29 is 23.9 Å². The summed E-state index contributed by atoms with van der Waals surface area (Å²) in [7, 11) is 3.17. The lowest BCUT2D eigenvalue weighted by Gasteiger charge is -2.07. The number of nitrogens with one attached hydrogen (secondary N) is 2. The molecular formula is C28H25N5O6. The monoisotopic (exact) mass is 527 g/mol. The third-order valence-electron chi connectivity index (χ3n) is 5.75. The minimum absolute atomic E-state index is 0.0176. The average Bonchev–Trinajstić information content (AvgIpc) is 3.16. The van der Waals surface area contributed by atoms with E-state index < -0.39 is 23.3 Å². The van der Waals surface area contributed by atoms with Gasteiger partial charge in [0, 0.05) is 7.05 Å². The van der Waals surface area contributed by atoms with Crippen molar-refractivity contribution in [2.45, 2.75) is 6.92 Å². The molecule has 1 heterocycles. The molecule has 0 fully saturated rings. The SMILES string of the molecule is COc1cccc(C(=O)Oc2cccc(/C=N/NC(=O)C(=O)Nc3c(C)n(C)n(-c4ccccc4)c3=O)c2)c1. The van der Waals surface area contributed by atoms with Crippen LogP contribution in [0.3, 0.4) is 0 Å². The first kappa shape index (κ1) is 26.6. The maximum absolute atomic E-state index is 12.9. The predicted octanol–water partition coefficient (Wildman–Crippen LogP) is 2.80. The van der Waals surface area contributed by atoms with Crippen molar-refractivity contribution in [3.63, 3.8) is 0 Å². The Morgan fingerprint density at radius 3 is 2.36 bits per heavy atom. The van der Waals surface area contributed by atoms with E-state index >= 15 is 0 Å². The zero-order valence-electron chi connectivity index (χ0n) is 21.4. The summed E-state index contributed by atoms with van der Waals surface area (Å²) in [6.07, 6.45) is 1.28. The van der Waals surface area contributed by atoms with E-state index in [1.807, 2.05) is 6.07 Å². The predicted molar refractivity (Wildman–Crippen MR) is 145 cm³/mol. The van der Waals surface area contributed by atoms with Crippen molar-refractivity contribution in [3.05, 3.63) is 106 Å². The van der Waals surface area contributed by atoms with Crippen molar-refractivity contribution in [1.29, 1.82) is 0 Å². The van der Waals surface area contributed by atoms with Crippen molar-refractivity contribution >= 4 is 29.7 Å². The molecule has 3 aromatic carbocycles. The number of hydrogen-bond donors (Lipinski definition) is 2. The summed E-state index contributed by atoms with van der Waals surface area (Å²) in [5.41, 5.74) is 3.51. The number of rotatable bonds is 7. The Kier molecular flexibility index (Phi) is 8.00. The molecule has 0 atom stereocenters. The molecule has 11 nitrogen and oxygen atoms in total. The number of esters is 1. The number of carbonyl (C=O) groups excluding carboxylic acids is 3. The van der Waals surface area contributed by atoms with E-state index in [0.717, 1.165) is 0 Å². The summed E-state index contributed by atoms with van der Waals surface area (Å²) in [5, 5.41) is 6.16. The third kappa shape index (κ3) is 6.10. The Morgan fingerprint density at radius 1 is 0.897 bits per heavy atom. The molecule has 198 valence electrons. The van der Waals surface area contributed by atoms with Crippen molar-refractivity contribution in [2.24, 2.45) is 12.1 Å². The first-order valence-corrected chi connectivity index (χ1v) is 11.7. The standard InChI is InChI=1S/C28H25N5O6/c1-18-24(27(36)33(32(18)2)21-11-5-4-6-12-21)30-25(34)26(35)31-29-17-19-9-7-14-23(15-19)39-28(37)20-10-8-13-22(16-20)38-3/h4-17H,1-3H3,(H,30,34)(H,31,35)/b29-17+. The van der Waals surface area contributed by atoms with Crippen LogP contribution in [-0.4, -0.2) is 40.5 Å². The number of carbonyl (C=O) groups is 3. The van der Waals surface area contributed by atoms with Crippen LogP contribution >= 0.6 is 0 Å². The quantitative estimate of drug-likeness (QED) is 0.125. The van der Waals surface area contributed by atoms with Crippen LogP contribution < -0.4 is 25.8 Å². The highest BCUT2D eigenvalue weighted by Gasteiger charge is 2.21. The normalized spacial score (nSPS) is 10.7. The molecule has 1 aromatic heterocycles. The maximum atomic E-state index is 12.9. The summed E-state index contributed by atoms with van der Waals surface area (Å²) >= 11 is 0. The highest BCUT2D eigenvalue weighted by atomic mass is 16.5. The Bertz CT molecular complexity index is 1620. The molecule has 0 aliphatic heterocycles. The zero-order valence-corrected chi connectivity index (χ0v) is 21.4. The largest absolute Gasteiger partial charge is 0.497 e. The van der Waals surface area contributed by atoms with Crippen molar-refractivity contribution in [3.8, 4) is 17.2 Å². The van der Waals surface area contributed by atoms with Gasteiger partial charge in [0.05, 0.1) is 30.3 Å². The fraction of sp³-hybridized carbons (Fsp3) is 0.107. The molecule has 11 heteroatoms. The summed E-state index contributed by atoms with van der Waals surface area (Å²) in [5.74, 6) is -1.92. The van der Waals surface area contributed by atoms with Crippen molar-refractivity contribution in [1.82, 2.24) is 14.8 Å². The van der Waals surface area contributed by atoms with E-state index in [4.69, 9.17) is 9.47 Å². The van der Waals surface area contributed by atoms with Crippen LogP contribution in [-0.2, 0) is 16.6 Å². The van der Waals surface area contributed by atoms with Crippen LogP contribution in [0.1, 0.15) is 21.6 Å². The first-order chi connectivity index (χ1) is 18.8. The van der Waals surface area contributed by atoms with Gasteiger partial charge in [-0.3, -0.25) is 19.1 Å². The van der Waals surface area contributed by atoms with Gasteiger partial charge in [0.1, 0.15) is 17.2 Å². The van der Waals surface area contributed by atoms with Crippen LogP contribution in [0.15, 0.2) is 88.8 Å². The molecule has 2 N–H and O–H groups in total. The molecule has 0 saturated carbocycles. The van der Waals surface area contributed by atoms with Crippen molar-refractivity contribution in [2.75, 3.05) is 12.4 Å². The number of aromatic nitrogens is 2. The highest BCUT2D eigenvalue weighted by Crippen LogP contribution is 2.18. The molecule has 4 rings (SSSR count). The highest BCUT2D eigenvalue weighted by molar-refractivity contribution is 6.39. The number of methoxy groups -OCH3 is 1. The molecule has 0 aliphatic carbocycles. The van der Waals surface area contributed by atoms with E-state index in [1.54, 1.807) is 85.4 Å². The molecular weight excluding hydrogens is 502 g/mol. The molecule has 2 amide bonds. The summed E-state index contributed by atoms with van der Waals surface area (Å²) < 4.78 is 13.5. The van der Waals surface area contributed by atoms with Crippen LogP contribution in [0.25, 0.3) is 5.69 Å². The fourth-order valence-corrected chi connectivity index (χ4v) is 3.67. The number of amides is 2. The van der Waals surface area contributed by atoms with Gasteiger partial charge in [0.25, 0.3) is 5.56 Å². The van der Waals surface area contributed by atoms with E-state index in [1.165, 1.54) is 24.1 Å². The van der Waals surface area contributed by atoms with Gasteiger partial charge < -0.3 is 14.8 Å². The van der Waals surface area contributed by atoms with Crippen LogP contribution in [0.2, 0.25) is 0 Å². The number of benzene rings is 3. The van der Waals surface area contributed by atoms with Crippen LogP contribution in [0.5, 0.6) is 11.5 Å². The van der Waals surface area contributed by atoms with Gasteiger partial charge in [0.2, 0.25) is 0 Å². The number of para-hydroxylation sites is 1. The molecule has 39 heavy (non-hydrogen) atoms. The second-order valence-corrected chi connectivity index (χ2v) is 8.28. The number of hydrazone groups is 1. The lowest BCUT2D eigenvalue weighted by Crippen LogP contribution is -2.34. The van der Waals surface area contributed by atoms with Gasteiger partial charge in [-0.1, -0.05) is 36.4 Å². The molecule has 0 saturated heterocycles. The van der Waals surface area contributed by atoms with E-state index in [9.17, 15) is 19.2 Å². The number of hydrogen-bond acceptors (Lipinski definition) is 7. The average molecular weight is 528 g/mol. The van der Waals surface area contributed by atoms with E-state index in [0.29, 0.717) is 28.3 Å². The zero-order chi connectivity index (χ0) is 27.9. The Hall–Kier alpha value is -5.45. The summed E-state index contributed by atoms with van der Waals surface area (Å²) in [6, 6.07) is 21.9. The maximum Gasteiger partial charge on any atom is 0.343 e. The van der Waals surface area contributed by atoms with Gasteiger partial charge in [-0.05, 0) is 55.0 Å². The topological polar surface area (TPSA) is 133 Å². The van der Waals surface area contributed by atoms with Crippen LogP contribution in [0.4, 0.5) is 5.69 Å². The van der Waals surface area contributed by atoms with Gasteiger partial charge >= 0.3 is 17.8 Å². The first-order valence-electron chi connectivity index (χ1n) is 11.7. The minimum Gasteiger partial charge on any atom is -0.497 e. The van der Waals surface area contributed by atoms with E-state index in [2.05, 4.69) is 15.8 Å². The summed E-state index contributed by atoms with van der Waals surface area (Å²) in [4.78, 5) is 50.1. The van der Waals surface area contributed by atoms with Crippen LogP contribution in [0, 0.1) is 6.92 Å². The third-order valence-corrected chi connectivity index (χ3v) is 5.75. The Morgan fingerprint density at radius 2 is 1.62 bits per heavy atom. The lowest BCUT2D eigenvalue weighted by atomic mass is 10.2. The lowest BCUT2D eigenvalue weighted by molar-refractivity contribution is -0.136. The Labute approximate surface area is 223 Å². The van der Waals surface area contributed by atoms with E-state index in [-0.39, 0.29) is 11.4 Å². The molecule has 0 spiro atoms. The number of nitrogens with zero attached hydrogens (tertiary/aromatic N) is 3. The number of anilines is 1. The second kappa shape index (κ2) is 11.7. The van der Waals surface area contributed by atoms with Gasteiger partial charge in [-0.2, -0.15) is 5.10 Å². The molecule has 4 aromatic rings. The smallest absolute Gasteiger partial charge is 0.343 e. The molecule has 0 bridgehead atoms. The molecule has 0 radical (unpaired) electrons. The second-order valence-electron chi connectivity index (χ2n) is 8.28. The molecule has 0 unspecified atom stereocenters. The summed E-state index contributed by atoms with van der Waals surface area (Å²) in [6.45, 7) is 1.65. The van der Waals surface area contributed by atoms with Gasteiger partial charge in [-0.15, -0.1) is 0 Å². The van der Waals surface area contributed by atoms with Gasteiger partial charge in [-0.25, -0.2) is 14.9 Å². The fourth-order valence-electron chi connectivity index (χ4n) is 3.67. The Balaban J connectivity index is 1.38. The van der Waals surface area contributed by atoms with Gasteiger partial charge in [0.15, 0.2) is 0 Å². The number of ether oxygens (including phenoxy) is 2. The molecule has 0 aliphatic rings. The minimum atomic E-state index is -1.07.